The fourth-order valence-corrected chi connectivity index (χ4v) is 3.96. The van der Waals surface area contributed by atoms with Crippen molar-refractivity contribution in [2.75, 3.05) is 17.7 Å². The summed E-state index contributed by atoms with van der Waals surface area (Å²) in [6, 6.07) is 8.91. The summed E-state index contributed by atoms with van der Waals surface area (Å²) in [5.74, 6) is -1.03. The van der Waals surface area contributed by atoms with Crippen LogP contribution in [0.5, 0.6) is 0 Å². The number of anilines is 3. The fraction of sp³-hybridized carbons (Fsp3) is 0.318. The maximum atomic E-state index is 14.7. The largest absolute Gasteiger partial charge is 0.365 e. The Labute approximate surface area is 180 Å². The van der Waals surface area contributed by atoms with Crippen LogP contribution in [0.25, 0.3) is 5.69 Å². The number of amides is 1. The highest BCUT2D eigenvalue weighted by Gasteiger charge is 2.26. The summed E-state index contributed by atoms with van der Waals surface area (Å²) in [7, 11) is 1.91. The number of hydrogen-bond acceptors (Lipinski definition) is 6. The molecule has 0 saturated heterocycles. The lowest BCUT2D eigenvalue weighted by Gasteiger charge is -2.32. The fourth-order valence-electron chi connectivity index (χ4n) is 3.96. The number of halogens is 1. The molecule has 1 saturated carbocycles. The number of hydrogen-bond donors (Lipinski definition) is 4. The summed E-state index contributed by atoms with van der Waals surface area (Å²) in [6.45, 7) is 0. The maximum Gasteiger partial charge on any atom is 0.252 e. The maximum absolute atomic E-state index is 14.7. The van der Waals surface area contributed by atoms with Crippen LogP contribution in [0.2, 0.25) is 0 Å². The lowest BCUT2D eigenvalue weighted by molar-refractivity contribution is 0.100. The zero-order chi connectivity index (χ0) is 21.8. The van der Waals surface area contributed by atoms with Crippen molar-refractivity contribution in [2.24, 2.45) is 5.73 Å². The number of carbonyl (C=O) groups excluding carboxylic acids is 1. The van der Waals surface area contributed by atoms with E-state index in [1.54, 1.807) is 12.5 Å². The number of imidazole rings is 1. The van der Waals surface area contributed by atoms with E-state index in [0.29, 0.717) is 5.69 Å². The first-order valence-electron chi connectivity index (χ1n) is 10.3. The number of primary amides is 1. The third-order valence-electron chi connectivity index (χ3n) is 5.63. The Morgan fingerprint density at radius 3 is 2.55 bits per heavy atom. The number of aromatic nitrogens is 3. The highest BCUT2D eigenvalue weighted by molar-refractivity contribution is 5.98. The standard InChI is InChI=1S/C22H26FN7O/c1-25-18-4-2-3-5-19(18)28-22-17(23)12-16(20(24)31)21(29-22)27-14-6-8-15(9-7-14)30-11-10-26-13-30/h6-13,18-19,25H,2-5H2,1H3,(H2,24,31)(H2,27,28,29)/t18-,19+/m0/s1. The van der Waals surface area contributed by atoms with E-state index >= 15 is 0 Å². The smallest absolute Gasteiger partial charge is 0.252 e. The minimum atomic E-state index is -0.749. The molecule has 0 spiro atoms. The molecule has 5 N–H and O–H groups in total. The van der Waals surface area contributed by atoms with Gasteiger partial charge in [-0.15, -0.1) is 0 Å². The minimum absolute atomic E-state index is 0.00412. The molecule has 9 heteroatoms. The van der Waals surface area contributed by atoms with Gasteiger partial charge in [-0.2, -0.15) is 0 Å². The van der Waals surface area contributed by atoms with Crippen molar-refractivity contribution in [2.45, 2.75) is 37.8 Å². The Bertz CT molecular complexity index is 1040. The summed E-state index contributed by atoms with van der Waals surface area (Å²) < 4.78 is 16.6. The SMILES string of the molecule is CN[C@H]1CCCC[C@H]1Nc1nc(Nc2ccc(-n3ccnc3)cc2)c(C(N)=O)cc1F. The molecular weight excluding hydrogens is 397 g/mol. The molecule has 1 amide bonds. The van der Waals surface area contributed by atoms with Gasteiger partial charge in [0.1, 0.15) is 5.82 Å². The molecular formula is C22H26FN7O. The van der Waals surface area contributed by atoms with E-state index in [0.717, 1.165) is 37.4 Å². The number of carbonyl (C=O) groups is 1. The highest BCUT2D eigenvalue weighted by Crippen LogP contribution is 2.27. The lowest BCUT2D eigenvalue weighted by Crippen LogP contribution is -2.45. The molecule has 1 fully saturated rings. The second-order valence-electron chi connectivity index (χ2n) is 7.65. The number of nitrogens with two attached hydrogens (primary N) is 1. The zero-order valence-corrected chi connectivity index (χ0v) is 17.3. The van der Waals surface area contributed by atoms with Gasteiger partial charge in [0.25, 0.3) is 5.91 Å². The van der Waals surface area contributed by atoms with Crippen molar-refractivity contribution in [1.82, 2.24) is 19.9 Å². The van der Waals surface area contributed by atoms with E-state index in [2.05, 4.69) is 25.9 Å². The third-order valence-corrected chi connectivity index (χ3v) is 5.63. The van der Waals surface area contributed by atoms with E-state index in [9.17, 15) is 9.18 Å². The predicted molar refractivity (Wildman–Crippen MR) is 118 cm³/mol. The van der Waals surface area contributed by atoms with Crippen molar-refractivity contribution in [1.29, 1.82) is 0 Å². The molecule has 4 rings (SSSR count). The summed E-state index contributed by atoms with van der Waals surface area (Å²) in [6.07, 6.45) is 9.40. The van der Waals surface area contributed by atoms with Crippen molar-refractivity contribution < 1.29 is 9.18 Å². The first kappa shape index (κ1) is 20.8. The number of rotatable bonds is 7. The molecule has 0 radical (unpaired) electrons. The molecule has 2 heterocycles. The van der Waals surface area contributed by atoms with E-state index in [1.807, 2.05) is 42.1 Å². The Morgan fingerprint density at radius 2 is 1.90 bits per heavy atom. The van der Waals surface area contributed by atoms with Crippen molar-refractivity contribution in [3.63, 3.8) is 0 Å². The van der Waals surface area contributed by atoms with Crippen molar-refractivity contribution in [3.8, 4) is 5.69 Å². The Morgan fingerprint density at radius 1 is 1.16 bits per heavy atom. The van der Waals surface area contributed by atoms with E-state index in [-0.39, 0.29) is 29.3 Å². The average molecular weight is 423 g/mol. The van der Waals surface area contributed by atoms with Crippen LogP contribution < -0.4 is 21.7 Å². The lowest BCUT2D eigenvalue weighted by atomic mass is 9.90. The molecule has 2 atom stereocenters. The Balaban J connectivity index is 1.59. The van der Waals surface area contributed by atoms with Crippen LogP contribution in [-0.2, 0) is 0 Å². The van der Waals surface area contributed by atoms with E-state index < -0.39 is 11.7 Å². The number of benzene rings is 1. The molecule has 1 aromatic carbocycles. The Kier molecular flexibility index (Phi) is 6.13. The molecule has 31 heavy (non-hydrogen) atoms. The number of nitrogens with one attached hydrogen (secondary N) is 3. The zero-order valence-electron chi connectivity index (χ0n) is 17.3. The van der Waals surface area contributed by atoms with Gasteiger partial charge in [-0.3, -0.25) is 4.79 Å². The first-order valence-corrected chi connectivity index (χ1v) is 10.3. The summed E-state index contributed by atoms with van der Waals surface area (Å²) in [4.78, 5) is 20.3. The van der Waals surface area contributed by atoms with Crippen LogP contribution in [0.1, 0.15) is 36.0 Å². The first-order chi connectivity index (χ1) is 15.0. The number of pyridine rings is 1. The van der Waals surface area contributed by atoms with Gasteiger partial charge >= 0.3 is 0 Å². The van der Waals surface area contributed by atoms with Gasteiger partial charge in [0.05, 0.1) is 11.9 Å². The van der Waals surface area contributed by atoms with Gasteiger partial charge in [-0.1, -0.05) is 12.8 Å². The Hall–Kier alpha value is -3.46. The van der Waals surface area contributed by atoms with Crippen LogP contribution in [0, 0.1) is 5.82 Å². The van der Waals surface area contributed by atoms with Gasteiger partial charge < -0.3 is 26.3 Å². The van der Waals surface area contributed by atoms with Crippen LogP contribution in [0.3, 0.4) is 0 Å². The van der Waals surface area contributed by atoms with Crippen molar-refractivity contribution in [3.05, 3.63) is 60.4 Å². The van der Waals surface area contributed by atoms with Crippen LogP contribution in [-0.4, -0.2) is 39.6 Å². The molecule has 0 unspecified atom stereocenters. The summed E-state index contributed by atoms with van der Waals surface area (Å²) in [5, 5.41) is 9.60. The van der Waals surface area contributed by atoms with Gasteiger partial charge in [-0.25, -0.2) is 14.4 Å². The molecule has 1 aliphatic rings. The molecule has 3 aromatic rings. The molecule has 162 valence electrons. The molecule has 0 bridgehead atoms. The number of likely N-dealkylation sites (N-methyl/N-ethyl adjacent to an activating group) is 1. The quantitative estimate of drug-likeness (QED) is 0.465. The molecule has 0 aliphatic heterocycles. The second kappa shape index (κ2) is 9.13. The molecule has 8 nitrogen and oxygen atoms in total. The van der Waals surface area contributed by atoms with Gasteiger partial charge in [0, 0.05) is 35.9 Å². The molecule has 2 aromatic heterocycles. The van der Waals surface area contributed by atoms with Crippen molar-refractivity contribution >= 4 is 23.2 Å². The van der Waals surface area contributed by atoms with Gasteiger partial charge in [0.15, 0.2) is 11.6 Å². The summed E-state index contributed by atoms with van der Waals surface area (Å²) in [5.41, 5.74) is 7.10. The van der Waals surface area contributed by atoms with E-state index in [4.69, 9.17) is 5.73 Å². The minimum Gasteiger partial charge on any atom is -0.365 e. The molecule has 1 aliphatic carbocycles. The summed E-state index contributed by atoms with van der Waals surface area (Å²) >= 11 is 0. The van der Waals surface area contributed by atoms with E-state index in [1.165, 1.54) is 0 Å². The van der Waals surface area contributed by atoms with Crippen LogP contribution >= 0.6 is 0 Å². The average Bonchev–Trinajstić information content (AvgIpc) is 3.31. The third kappa shape index (κ3) is 4.66. The topological polar surface area (TPSA) is 110 Å². The normalized spacial score (nSPS) is 18.5. The second-order valence-corrected chi connectivity index (χ2v) is 7.65. The highest BCUT2D eigenvalue weighted by atomic mass is 19.1. The van der Waals surface area contributed by atoms with Crippen LogP contribution in [0.4, 0.5) is 21.7 Å². The predicted octanol–water partition coefficient (Wildman–Crippen LogP) is 3.19. The number of nitrogens with zero attached hydrogens (tertiary/aromatic N) is 3. The van der Waals surface area contributed by atoms with Gasteiger partial charge in [-0.05, 0) is 50.2 Å². The monoisotopic (exact) mass is 423 g/mol. The van der Waals surface area contributed by atoms with Crippen LogP contribution in [0.15, 0.2) is 49.1 Å². The van der Waals surface area contributed by atoms with Gasteiger partial charge in [0.2, 0.25) is 0 Å².